The number of H-pyrrole nitrogens is 1. The predicted molar refractivity (Wildman–Crippen MR) is 85.8 cm³/mol. The fourth-order valence-corrected chi connectivity index (χ4v) is 2.99. The molecular formula is C17H25N3O2. The largest absolute Gasteiger partial charge is 0.501 e. The fourth-order valence-electron chi connectivity index (χ4n) is 2.99. The van der Waals surface area contributed by atoms with Crippen molar-refractivity contribution in [3.63, 3.8) is 0 Å². The molecule has 1 aromatic heterocycles. The lowest BCUT2D eigenvalue weighted by Gasteiger charge is -2.30. The monoisotopic (exact) mass is 303 g/mol. The summed E-state index contributed by atoms with van der Waals surface area (Å²) >= 11 is 0. The number of hydrogen-bond donors (Lipinski definition) is 1. The number of rotatable bonds is 2. The predicted octanol–water partition coefficient (Wildman–Crippen LogP) is 2.12. The van der Waals surface area contributed by atoms with Gasteiger partial charge in [0.1, 0.15) is 5.82 Å². The maximum absolute atomic E-state index is 12.4. The van der Waals surface area contributed by atoms with Crippen LogP contribution in [0.5, 0.6) is 0 Å². The molecule has 120 valence electrons. The zero-order chi connectivity index (χ0) is 15.7. The van der Waals surface area contributed by atoms with Crippen molar-refractivity contribution in [1.82, 2.24) is 14.9 Å². The summed E-state index contributed by atoms with van der Waals surface area (Å²) in [5.74, 6) is 0.785. The fraction of sp³-hybridized carbons (Fsp3) is 0.647. The number of ether oxygens (including phenoxy) is 1. The Labute approximate surface area is 131 Å². The van der Waals surface area contributed by atoms with Crippen molar-refractivity contribution in [2.45, 2.75) is 52.0 Å². The molecule has 0 aliphatic carbocycles. The van der Waals surface area contributed by atoms with Crippen molar-refractivity contribution >= 4 is 0 Å². The lowest BCUT2D eigenvalue weighted by atomic mass is 9.95. The van der Waals surface area contributed by atoms with Gasteiger partial charge in [-0.2, -0.15) is 0 Å². The molecule has 1 aromatic rings. The van der Waals surface area contributed by atoms with Gasteiger partial charge >= 0.3 is 0 Å². The van der Waals surface area contributed by atoms with Crippen LogP contribution in [0.4, 0.5) is 0 Å². The van der Waals surface area contributed by atoms with Gasteiger partial charge in [0.2, 0.25) is 0 Å². The van der Waals surface area contributed by atoms with Crippen LogP contribution in [0.2, 0.25) is 0 Å². The van der Waals surface area contributed by atoms with E-state index in [4.69, 9.17) is 9.72 Å². The Morgan fingerprint density at radius 2 is 2.18 bits per heavy atom. The molecular weight excluding hydrogens is 278 g/mol. The topological polar surface area (TPSA) is 58.2 Å². The Hall–Kier alpha value is -1.62. The number of fused-ring (bicyclic) bond motifs is 1. The van der Waals surface area contributed by atoms with Gasteiger partial charge in [-0.05, 0) is 18.4 Å². The van der Waals surface area contributed by atoms with E-state index in [0.717, 1.165) is 56.0 Å². The van der Waals surface area contributed by atoms with E-state index in [2.05, 4.69) is 30.7 Å². The highest BCUT2D eigenvalue weighted by Crippen LogP contribution is 2.22. The van der Waals surface area contributed by atoms with Gasteiger partial charge in [0.15, 0.2) is 0 Å². The highest BCUT2D eigenvalue weighted by Gasteiger charge is 2.25. The third kappa shape index (κ3) is 3.24. The summed E-state index contributed by atoms with van der Waals surface area (Å²) in [6, 6.07) is 0. The number of nitrogens with one attached hydrogen (secondary N) is 1. The minimum absolute atomic E-state index is 0.0218. The van der Waals surface area contributed by atoms with Gasteiger partial charge in [0, 0.05) is 31.5 Å². The first kappa shape index (κ1) is 15.3. The van der Waals surface area contributed by atoms with E-state index in [9.17, 15) is 4.79 Å². The van der Waals surface area contributed by atoms with E-state index in [1.54, 1.807) is 0 Å². The van der Waals surface area contributed by atoms with Gasteiger partial charge in [-0.25, -0.2) is 4.98 Å². The summed E-state index contributed by atoms with van der Waals surface area (Å²) in [5, 5.41) is 0. The molecule has 2 aliphatic heterocycles. The molecule has 5 heteroatoms. The van der Waals surface area contributed by atoms with Crippen LogP contribution in [0.25, 0.3) is 0 Å². The number of aromatic amines is 1. The van der Waals surface area contributed by atoms with Crippen molar-refractivity contribution in [2.75, 3.05) is 19.7 Å². The molecule has 2 aliphatic rings. The van der Waals surface area contributed by atoms with Crippen LogP contribution < -0.4 is 5.56 Å². The van der Waals surface area contributed by atoms with E-state index in [1.165, 1.54) is 5.57 Å². The molecule has 0 fully saturated rings. The van der Waals surface area contributed by atoms with Crippen molar-refractivity contribution in [2.24, 2.45) is 0 Å². The summed E-state index contributed by atoms with van der Waals surface area (Å²) in [6.07, 6.45) is 4.93. The first-order valence-corrected chi connectivity index (χ1v) is 8.08. The SMILES string of the molecule is CC(C)(C)c1nc2c(c(=O)[nH]1)CN(CC1=COCCC1)CC2. The van der Waals surface area contributed by atoms with Gasteiger partial charge in [-0.15, -0.1) is 0 Å². The molecule has 3 heterocycles. The zero-order valence-electron chi connectivity index (χ0n) is 13.7. The van der Waals surface area contributed by atoms with Crippen molar-refractivity contribution in [3.05, 3.63) is 39.3 Å². The van der Waals surface area contributed by atoms with E-state index in [1.807, 2.05) is 6.26 Å². The molecule has 0 radical (unpaired) electrons. The summed E-state index contributed by atoms with van der Waals surface area (Å²) in [7, 11) is 0. The second-order valence-electron chi connectivity index (χ2n) is 7.30. The Balaban J connectivity index is 1.78. The summed E-state index contributed by atoms with van der Waals surface area (Å²) in [6.45, 7) is 9.56. The van der Waals surface area contributed by atoms with E-state index in [-0.39, 0.29) is 11.0 Å². The molecule has 0 aromatic carbocycles. The van der Waals surface area contributed by atoms with Gasteiger partial charge in [-0.1, -0.05) is 20.8 Å². The molecule has 0 saturated carbocycles. The van der Waals surface area contributed by atoms with Crippen molar-refractivity contribution < 1.29 is 4.74 Å². The Morgan fingerprint density at radius 3 is 2.86 bits per heavy atom. The summed E-state index contributed by atoms with van der Waals surface area (Å²) in [4.78, 5) is 22.4. The van der Waals surface area contributed by atoms with Gasteiger partial charge < -0.3 is 9.72 Å². The van der Waals surface area contributed by atoms with Crippen molar-refractivity contribution in [1.29, 1.82) is 0 Å². The normalized spacial score (nSPS) is 19.3. The molecule has 0 bridgehead atoms. The Bertz CT molecular complexity index is 640. The molecule has 1 N–H and O–H groups in total. The number of nitrogens with zero attached hydrogens (tertiary/aromatic N) is 2. The molecule has 0 amide bonds. The third-order valence-electron chi connectivity index (χ3n) is 4.29. The van der Waals surface area contributed by atoms with Crippen LogP contribution in [0.1, 0.15) is 50.7 Å². The first-order chi connectivity index (χ1) is 10.4. The summed E-state index contributed by atoms with van der Waals surface area (Å²) in [5.41, 5.74) is 3.02. The lowest BCUT2D eigenvalue weighted by molar-refractivity contribution is 0.208. The highest BCUT2D eigenvalue weighted by atomic mass is 16.5. The second-order valence-corrected chi connectivity index (χ2v) is 7.30. The second kappa shape index (κ2) is 5.88. The highest BCUT2D eigenvalue weighted by molar-refractivity contribution is 5.23. The van der Waals surface area contributed by atoms with Crippen LogP contribution in [0, 0.1) is 0 Å². The first-order valence-electron chi connectivity index (χ1n) is 8.08. The molecule has 0 atom stereocenters. The van der Waals surface area contributed by atoms with E-state index >= 15 is 0 Å². The maximum atomic E-state index is 12.4. The third-order valence-corrected chi connectivity index (χ3v) is 4.29. The molecule has 5 nitrogen and oxygen atoms in total. The van der Waals surface area contributed by atoms with Crippen LogP contribution >= 0.6 is 0 Å². The van der Waals surface area contributed by atoms with Crippen LogP contribution in [-0.2, 0) is 23.1 Å². The smallest absolute Gasteiger partial charge is 0.255 e. The maximum Gasteiger partial charge on any atom is 0.255 e. The molecule has 0 spiro atoms. The molecule has 3 rings (SSSR count). The average molecular weight is 303 g/mol. The summed E-state index contributed by atoms with van der Waals surface area (Å²) < 4.78 is 5.40. The van der Waals surface area contributed by atoms with E-state index < -0.39 is 0 Å². The molecule has 0 unspecified atom stereocenters. The Morgan fingerprint density at radius 1 is 1.36 bits per heavy atom. The van der Waals surface area contributed by atoms with Crippen LogP contribution in [0.15, 0.2) is 16.6 Å². The number of aromatic nitrogens is 2. The minimum Gasteiger partial charge on any atom is -0.501 e. The quantitative estimate of drug-likeness (QED) is 0.909. The lowest BCUT2D eigenvalue weighted by Crippen LogP contribution is -2.38. The van der Waals surface area contributed by atoms with Gasteiger partial charge in [0.05, 0.1) is 24.1 Å². The average Bonchev–Trinajstić information content (AvgIpc) is 2.48. The molecule has 0 saturated heterocycles. The van der Waals surface area contributed by atoms with Crippen molar-refractivity contribution in [3.8, 4) is 0 Å². The zero-order valence-corrected chi connectivity index (χ0v) is 13.7. The minimum atomic E-state index is -0.129. The Kier molecular flexibility index (Phi) is 4.08. The van der Waals surface area contributed by atoms with E-state index in [0.29, 0.717) is 6.54 Å². The van der Waals surface area contributed by atoms with Gasteiger partial charge in [0.25, 0.3) is 5.56 Å². The van der Waals surface area contributed by atoms with Crippen LogP contribution in [-0.4, -0.2) is 34.6 Å². The van der Waals surface area contributed by atoms with Gasteiger partial charge in [-0.3, -0.25) is 9.69 Å². The molecule has 22 heavy (non-hydrogen) atoms. The van der Waals surface area contributed by atoms with Crippen LogP contribution in [0.3, 0.4) is 0 Å². The number of hydrogen-bond acceptors (Lipinski definition) is 4. The standard InChI is InChI=1S/C17H25N3O2/c1-17(2,3)16-18-14-6-7-20(10-13(14)15(21)19-16)9-12-5-4-8-22-11-12/h11H,4-10H2,1-3H3,(H,18,19,21).